The first-order valence-electron chi connectivity index (χ1n) is 8.13. The molecule has 0 saturated carbocycles. The molecule has 1 aliphatic heterocycles. The quantitative estimate of drug-likeness (QED) is 0.716. The van der Waals surface area contributed by atoms with Crippen LogP contribution >= 0.6 is 11.3 Å². The molecule has 0 amide bonds. The fourth-order valence-electron chi connectivity index (χ4n) is 3.10. The number of aromatic nitrogens is 2. The molecule has 0 spiro atoms. The van der Waals surface area contributed by atoms with Crippen LogP contribution < -0.4 is 10.5 Å². The van der Waals surface area contributed by atoms with Crippen LogP contribution in [0.5, 0.6) is 0 Å². The molecule has 1 saturated heterocycles. The van der Waals surface area contributed by atoms with Crippen molar-refractivity contribution in [3.05, 3.63) is 64.0 Å². The van der Waals surface area contributed by atoms with Gasteiger partial charge in [0.1, 0.15) is 0 Å². The van der Waals surface area contributed by atoms with Crippen LogP contribution in [0.4, 0.5) is 5.69 Å². The lowest BCUT2D eigenvalue weighted by Crippen LogP contribution is -2.30. The molecule has 1 atom stereocenters. The third-order valence-electron chi connectivity index (χ3n) is 4.33. The summed E-state index contributed by atoms with van der Waals surface area (Å²) in [6.45, 7) is 3.19. The van der Waals surface area contributed by atoms with E-state index in [9.17, 15) is 4.79 Å². The molecule has 3 heterocycles. The minimum Gasteiger partial charge on any atom is -0.381 e. The van der Waals surface area contributed by atoms with E-state index in [-0.39, 0.29) is 5.56 Å². The van der Waals surface area contributed by atoms with E-state index in [1.165, 1.54) is 11.3 Å². The average Bonchev–Trinajstić information content (AvgIpc) is 3.27. The number of anilines is 1. The number of benzene rings is 1. The summed E-state index contributed by atoms with van der Waals surface area (Å²) in [5.41, 5.74) is 1.94. The Bertz CT molecular complexity index is 869. The van der Waals surface area contributed by atoms with Crippen molar-refractivity contribution in [3.8, 4) is 0 Å². The molecule has 0 bridgehead atoms. The SMILES string of the molecule is O=c1cc(CN(CC2CCOC2)c2ccccc2)nc2sccn12. The molecule has 0 N–H and O–H groups in total. The summed E-state index contributed by atoms with van der Waals surface area (Å²) >= 11 is 1.48. The van der Waals surface area contributed by atoms with E-state index in [1.54, 1.807) is 16.7 Å². The lowest BCUT2D eigenvalue weighted by Gasteiger charge is -2.27. The van der Waals surface area contributed by atoms with Gasteiger partial charge in [0.25, 0.3) is 5.56 Å². The molecule has 1 aliphatic rings. The summed E-state index contributed by atoms with van der Waals surface area (Å²) in [7, 11) is 0. The van der Waals surface area contributed by atoms with Crippen molar-refractivity contribution in [2.45, 2.75) is 13.0 Å². The molecule has 4 rings (SSSR count). The highest BCUT2D eigenvalue weighted by atomic mass is 32.1. The summed E-state index contributed by atoms with van der Waals surface area (Å²) < 4.78 is 7.11. The first-order valence-corrected chi connectivity index (χ1v) is 9.01. The Kier molecular flexibility index (Phi) is 4.32. The fraction of sp³-hybridized carbons (Fsp3) is 0.333. The summed E-state index contributed by atoms with van der Waals surface area (Å²) in [5.74, 6) is 0.525. The predicted molar refractivity (Wildman–Crippen MR) is 95.8 cm³/mol. The number of hydrogen-bond donors (Lipinski definition) is 0. The molecule has 5 nitrogen and oxygen atoms in total. The van der Waals surface area contributed by atoms with Gasteiger partial charge in [0.05, 0.1) is 18.8 Å². The molecule has 6 heteroatoms. The van der Waals surface area contributed by atoms with Gasteiger partial charge in [-0.15, -0.1) is 11.3 Å². The van der Waals surface area contributed by atoms with Crippen LogP contribution in [0, 0.1) is 5.92 Å². The predicted octanol–water partition coefficient (Wildman–Crippen LogP) is 2.80. The highest BCUT2D eigenvalue weighted by Crippen LogP contribution is 2.21. The van der Waals surface area contributed by atoms with E-state index in [1.807, 2.05) is 23.6 Å². The first kappa shape index (κ1) is 15.4. The largest absolute Gasteiger partial charge is 0.381 e. The second-order valence-corrected chi connectivity index (χ2v) is 6.96. The number of thiazole rings is 1. The molecule has 3 aromatic rings. The van der Waals surface area contributed by atoms with Crippen molar-refractivity contribution < 1.29 is 4.74 Å². The van der Waals surface area contributed by atoms with E-state index in [4.69, 9.17) is 4.74 Å². The molecule has 1 unspecified atom stereocenters. The Balaban J connectivity index is 1.63. The van der Waals surface area contributed by atoms with Crippen molar-refractivity contribution >= 4 is 22.0 Å². The smallest absolute Gasteiger partial charge is 0.258 e. The van der Waals surface area contributed by atoms with Crippen molar-refractivity contribution in [2.24, 2.45) is 5.92 Å². The van der Waals surface area contributed by atoms with Crippen molar-refractivity contribution in [2.75, 3.05) is 24.7 Å². The summed E-state index contributed by atoms with van der Waals surface area (Å²) in [6, 6.07) is 11.9. The van der Waals surface area contributed by atoms with Gasteiger partial charge in [0, 0.05) is 42.4 Å². The monoisotopic (exact) mass is 341 g/mol. The van der Waals surface area contributed by atoms with Crippen LogP contribution in [-0.4, -0.2) is 29.1 Å². The number of ether oxygens (including phenoxy) is 1. The number of hydrogen-bond acceptors (Lipinski definition) is 5. The van der Waals surface area contributed by atoms with Gasteiger partial charge in [0.2, 0.25) is 0 Å². The minimum atomic E-state index is -0.0199. The molecule has 0 radical (unpaired) electrons. The highest BCUT2D eigenvalue weighted by Gasteiger charge is 2.20. The topological polar surface area (TPSA) is 46.8 Å². The molecule has 2 aromatic heterocycles. The van der Waals surface area contributed by atoms with Crippen LogP contribution in [0.3, 0.4) is 0 Å². The van der Waals surface area contributed by atoms with Crippen molar-refractivity contribution in [3.63, 3.8) is 0 Å². The molecular formula is C18H19N3O2S. The van der Waals surface area contributed by atoms with Crippen LogP contribution in [0.1, 0.15) is 12.1 Å². The van der Waals surface area contributed by atoms with E-state index in [0.717, 1.165) is 42.5 Å². The third-order valence-corrected chi connectivity index (χ3v) is 5.09. The van der Waals surface area contributed by atoms with Gasteiger partial charge in [0.15, 0.2) is 4.96 Å². The number of para-hydroxylation sites is 1. The molecule has 24 heavy (non-hydrogen) atoms. The van der Waals surface area contributed by atoms with E-state index in [0.29, 0.717) is 12.5 Å². The second kappa shape index (κ2) is 6.75. The average molecular weight is 341 g/mol. The zero-order valence-corrected chi connectivity index (χ0v) is 14.1. The maximum Gasteiger partial charge on any atom is 0.258 e. The Morgan fingerprint density at radius 2 is 2.21 bits per heavy atom. The van der Waals surface area contributed by atoms with Crippen molar-refractivity contribution in [1.82, 2.24) is 9.38 Å². The number of rotatable bonds is 5. The fourth-order valence-corrected chi connectivity index (χ4v) is 3.84. The normalized spacial score (nSPS) is 17.4. The van der Waals surface area contributed by atoms with Crippen LogP contribution in [-0.2, 0) is 11.3 Å². The standard InChI is InChI=1S/C18H19N3O2S/c22-17-10-15(19-18-21(17)7-9-24-18)12-20(11-14-6-8-23-13-14)16-4-2-1-3-5-16/h1-5,7,9-10,14H,6,8,11-13H2. The van der Waals surface area contributed by atoms with Crippen LogP contribution in [0.25, 0.3) is 4.96 Å². The van der Waals surface area contributed by atoms with Gasteiger partial charge >= 0.3 is 0 Å². The summed E-state index contributed by atoms with van der Waals surface area (Å²) in [6.07, 6.45) is 2.85. The zero-order valence-electron chi connectivity index (χ0n) is 13.3. The second-order valence-electron chi connectivity index (χ2n) is 6.09. The molecule has 0 aliphatic carbocycles. The van der Waals surface area contributed by atoms with Gasteiger partial charge in [-0.2, -0.15) is 0 Å². The summed E-state index contributed by atoms with van der Waals surface area (Å²) in [5, 5.41) is 1.89. The summed E-state index contributed by atoms with van der Waals surface area (Å²) in [4.78, 5) is 19.9. The van der Waals surface area contributed by atoms with Gasteiger partial charge in [-0.05, 0) is 18.6 Å². The molecule has 1 fully saturated rings. The Labute approximate surface area is 144 Å². The third kappa shape index (κ3) is 3.20. The van der Waals surface area contributed by atoms with E-state index >= 15 is 0 Å². The zero-order chi connectivity index (χ0) is 16.4. The van der Waals surface area contributed by atoms with Crippen LogP contribution in [0.2, 0.25) is 0 Å². The Morgan fingerprint density at radius 1 is 1.33 bits per heavy atom. The first-order chi connectivity index (χ1) is 11.8. The van der Waals surface area contributed by atoms with Gasteiger partial charge < -0.3 is 9.64 Å². The van der Waals surface area contributed by atoms with Gasteiger partial charge in [-0.3, -0.25) is 9.20 Å². The maximum atomic E-state index is 12.2. The lowest BCUT2D eigenvalue weighted by atomic mass is 10.1. The van der Waals surface area contributed by atoms with Crippen molar-refractivity contribution in [1.29, 1.82) is 0 Å². The van der Waals surface area contributed by atoms with Gasteiger partial charge in [-0.25, -0.2) is 4.98 Å². The molecule has 1 aromatic carbocycles. The van der Waals surface area contributed by atoms with Gasteiger partial charge in [-0.1, -0.05) is 18.2 Å². The van der Waals surface area contributed by atoms with Crippen LogP contribution in [0.15, 0.2) is 52.8 Å². The Hall–Kier alpha value is -2.18. The number of fused-ring (bicyclic) bond motifs is 1. The highest BCUT2D eigenvalue weighted by molar-refractivity contribution is 7.15. The molecular weight excluding hydrogens is 322 g/mol. The van der Waals surface area contributed by atoms with E-state index in [2.05, 4.69) is 22.0 Å². The minimum absolute atomic E-state index is 0.0199. The molecule has 124 valence electrons. The Morgan fingerprint density at radius 3 is 3.00 bits per heavy atom. The number of nitrogens with zero attached hydrogens (tertiary/aromatic N) is 3. The van der Waals surface area contributed by atoms with E-state index < -0.39 is 0 Å². The maximum absolute atomic E-state index is 12.2. The lowest BCUT2D eigenvalue weighted by molar-refractivity contribution is 0.186.